The summed E-state index contributed by atoms with van der Waals surface area (Å²) in [5, 5.41) is 46.6. The van der Waals surface area contributed by atoms with E-state index in [-0.39, 0.29) is 22.6 Å². The summed E-state index contributed by atoms with van der Waals surface area (Å²) >= 11 is 0. The third-order valence-electron chi connectivity index (χ3n) is 8.49. The molecular formula is C33H40N3O16P. The minimum absolute atomic E-state index is 0.267. The number of hydrogen-bond acceptors (Lipinski definition) is 11. The maximum absolute atomic E-state index is 13.8. The van der Waals surface area contributed by atoms with Crippen LogP contribution in [0.5, 0.6) is 0 Å². The van der Waals surface area contributed by atoms with Gasteiger partial charge in [0.05, 0.1) is 25.8 Å². The van der Waals surface area contributed by atoms with Gasteiger partial charge in [-0.15, -0.1) is 0 Å². The van der Waals surface area contributed by atoms with Gasteiger partial charge in [0.25, 0.3) is 0 Å². The highest BCUT2D eigenvalue weighted by Crippen LogP contribution is 2.51. The summed E-state index contributed by atoms with van der Waals surface area (Å²) in [6.45, 7) is -8.42. The van der Waals surface area contributed by atoms with Crippen molar-refractivity contribution in [3.63, 3.8) is 0 Å². The number of benzene rings is 2. The average Bonchev–Trinajstić information content (AvgIpc) is 3.07. The number of aliphatic carboxylic acids is 5. The van der Waals surface area contributed by atoms with E-state index in [4.69, 9.17) is 19.3 Å². The van der Waals surface area contributed by atoms with E-state index in [2.05, 4.69) is 0 Å². The maximum Gasteiger partial charge on any atom is 0.472 e. The van der Waals surface area contributed by atoms with Crippen molar-refractivity contribution in [1.29, 1.82) is 0 Å². The number of amides is 2. The van der Waals surface area contributed by atoms with E-state index < -0.39 is 113 Å². The fourth-order valence-electron chi connectivity index (χ4n) is 6.20. The van der Waals surface area contributed by atoms with Crippen LogP contribution in [0.3, 0.4) is 0 Å². The Morgan fingerprint density at radius 2 is 1.08 bits per heavy atom. The van der Waals surface area contributed by atoms with Crippen LogP contribution in [0.2, 0.25) is 0 Å². The van der Waals surface area contributed by atoms with Crippen molar-refractivity contribution in [3.8, 4) is 0 Å². The predicted molar refractivity (Wildman–Crippen MR) is 179 cm³/mol. The van der Waals surface area contributed by atoms with E-state index in [1.54, 1.807) is 0 Å². The molecule has 0 aliphatic heterocycles. The summed E-state index contributed by atoms with van der Waals surface area (Å²) in [4.78, 5) is 95.9. The van der Waals surface area contributed by atoms with Gasteiger partial charge in [0.15, 0.2) is 0 Å². The molecule has 6 N–H and O–H groups in total. The van der Waals surface area contributed by atoms with E-state index >= 15 is 0 Å². The van der Waals surface area contributed by atoms with Crippen molar-refractivity contribution >= 4 is 49.5 Å². The minimum atomic E-state index is -5.10. The second-order valence-electron chi connectivity index (χ2n) is 12.2. The van der Waals surface area contributed by atoms with Crippen LogP contribution in [0, 0.1) is 0 Å². The van der Waals surface area contributed by atoms with Crippen LogP contribution >= 0.6 is 7.82 Å². The highest BCUT2D eigenvalue weighted by atomic mass is 31.2. The van der Waals surface area contributed by atoms with Gasteiger partial charge in [-0.2, -0.15) is 0 Å². The van der Waals surface area contributed by atoms with Gasteiger partial charge in [-0.1, -0.05) is 60.7 Å². The smallest absolute Gasteiger partial charge is 0.472 e. The largest absolute Gasteiger partial charge is 0.480 e. The Balaban J connectivity index is 1.85. The van der Waals surface area contributed by atoms with Gasteiger partial charge in [-0.3, -0.25) is 47.5 Å². The van der Waals surface area contributed by atoms with Crippen LogP contribution in [0.15, 0.2) is 60.7 Å². The molecule has 0 radical (unpaired) electrons. The van der Waals surface area contributed by atoms with Crippen LogP contribution in [0.4, 0.5) is 0 Å². The maximum atomic E-state index is 13.8. The van der Waals surface area contributed by atoms with Crippen LogP contribution in [-0.4, -0.2) is 145 Å². The third kappa shape index (κ3) is 12.8. The van der Waals surface area contributed by atoms with Crippen molar-refractivity contribution in [1.82, 2.24) is 14.7 Å². The lowest BCUT2D eigenvalue weighted by Gasteiger charge is -2.41. The molecule has 0 bridgehead atoms. The number of carboxylic acid groups (broad SMARTS) is 5. The molecule has 0 saturated heterocycles. The number of hydrogen-bond donors (Lipinski definition) is 6. The number of phosphoric ester groups is 1. The first kappa shape index (κ1) is 42.2. The molecule has 2 aromatic rings. The van der Waals surface area contributed by atoms with Crippen molar-refractivity contribution < 1.29 is 77.6 Å². The Hall–Kier alpha value is -5.20. The van der Waals surface area contributed by atoms with Gasteiger partial charge in [0.2, 0.25) is 11.8 Å². The SMILES string of the molecule is O=C(O)CN(CC(=O)O)C(=O)CN(CC(=O)O)C(=O)[C@H](COP(=O)(O)OC1CCC(c2ccccc2)(c2ccccc2)CC1)N(CC(=O)O)CC(=O)O. The van der Waals surface area contributed by atoms with Crippen LogP contribution in [0.1, 0.15) is 36.8 Å². The van der Waals surface area contributed by atoms with Gasteiger partial charge < -0.3 is 40.2 Å². The van der Waals surface area contributed by atoms with Gasteiger partial charge in [-0.05, 0) is 36.8 Å². The van der Waals surface area contributed by atoms with E-state index in [0.29, 0.717) is 17.7 Å². The lowest BCUT2D eigenvalue weighted by molar-refractivity contribution is -0.155. The zero-order valence-electron chi connectivity index (χ0n) is 28.3. The monoisotopic (exact) mass is 765 g/mol. The van der Waals surface area contributed by atoms with Crippen LogP contribution in [0.25, 0.3) is 0 Å². The van der Waals surface area contributed by atoms with Gasteiger partial charge in [-0.25, -0.2) is 4.57 Å². The molecule has 0 aromatic heterocycles. The summed E-state index contributed by atoms with van der Waals surface area (Å²) < 4.78 is 23.8. The highest BCUT2D eigenvalue weighted by Gasteiger charge is 2.42. The van der Waals surface area contributed by atoms with Crippen LogP contribution < -0.4 is 0 Å². The van der Waals surface area contributed by atoms with Gasteiger partial charge in [0, 0.05) is 5.41 Å². The molecule has 2 amide bonds. The van der Waals surface area contributed by atoms with Gasteiger partial charge in [0.1, 0.15) is 32.2 Å². The summed E-state index contributed by atoms with van der Waals surface area (Å²) in [5.41, 5.74) is 1.62. The molecule has 0 heterocycles. The van der Waals surface area contributed by atoms with Crippen molar-refractivity contribution in [3.05, 3.63) is 71.8 Å². The number of rotatable bonds is 21. The first-order valence-corrected chi connectivity index (χ1v) is 17.6. The lowest BCUT2D eigenvalue weighted by Crippen LogP contribution is -2.56. The Kier molecular flexibility index (Phi) is 15.2. The molecule has 2 atom stereocenters. The first-order valence-electron chi connectivity index (χ1n) is 16.1. The van der Waals surface area contributed by atoms with E-state index in [1.807, 2.05) is 60.7 Å². The molecule has 0 spiro atoms. The summed E-state index contributed by atoms with van der Waals surface area (Å²) in [7, 11) is -5.10. The number of phosphoric acid groups is 1. The van der Waals surface area contributed by atoms with Crippen LogP contribution in [-0.2, 0) is 52.6 Å². The van der Waals surface area contributed by atoms with Crippen molar-refractivity contribution in [2.45, 2.75) is 43.2 Å². The molecule has 20 heteroatoms. The zero-order valence-corrected chi connectivity index (χ0v) is 29.2. The summed E-state index contributed by atoms with van der Waals surface area (Å²) in [6.07, 6.45) is 0.724. The van der Waals surface area contributed by atoms with E-state index in [9.17, 15) is 58.3 Å². The Bertz CT molecular complexity index is 1610. The molecule has 2 aromatic carbocycles. The molecule has 288 valence electrons. The zero-order chi connectivity index (χ0) is 39.3. The average molecular weight is 766 g/mol. The Morgan fingerprint density at radius 3 is 1.49 bits per heavy atom. The second kappa shape index (κ2) is 19.0. The van der Waals surface area contributed by atoms with Gasteiger partial charge >= 0.3 is 37.7 Å². The fourth-order valence-corrected chi connectivity index (χ4v) is 7.17. The normalized spacial score (nSPS) is 15.8. The highest BCUT2D eigenvalue weighted by molar-refractivity contribution is 7.47. The first-order chi connectivity index (χ1) is 24.9. The number of nitrogens with zero attached hydrogens (tertiary/aromatic N) is 3. The summed E-state index contributed by atoms with van der Waals surface area (Å²) in [6, 6.07) is 17.2. The molecule has 19 nitrogen and oxygen atoms in total. The quantitative estimate of drug-likeness (QED) is 0.0958. The molecule has 3 rings (SSSR count). The number of carbonyl (C=O) groups excluding carboxylic acids is 2. The lowest BCUT2D eigenvalue weighted by atomic mass is 9.65. The Labute approximate surface area is 302 Å². The molecule has 1 aliphatic carbocycles. The van der Waals surface area contributed by atoms with E-state index in [1.165, 1.54) is 0 Å². The Morgan fingerprint density at radius 1 is 0.660 bits per heavy atom. The molecule has 1 saturated carbocycles. The van der Waals surface area contributed by atoms with E-state index in [0.717, 1.165) is 11.1 Å². The van der Waals surface area contributed by atoms with Crippen molar-refractivity contribution in [2.24, 2.45) is 0 Å². The fraction of sp³-hybridized carbons (Fsp3) is 0.424. The third-order valence-corrected chi connectivity index (χ3v) is 9.53. The second-order valence-corrected chi connectivity index (χ2v) is 13.6. The predicted octanol–water partition coefficient (Wildman–Crippen LogP) is 0.800. The molecule has 1 fully saturated rings. The number of carboxylic acids is 5. The number of carbonyl (C=O) groups is 7. The molecule has 53 heavy (non-hydrogen) atoms. The minimum Gasteiger partial charge on any atom is -0.480 e. The molecular weight excluding hydrogens is 725 g/mol. The molecule has 1 aliphatic rings. The van der Waals surface area contributed by atoms with Crippen molar-refractivity contribution in [2.75, 3.05) is 45.9 Å². The topological polar surface area (TPSA) is 286 Å². The summed E-state index contributed by atoms with van der Waals surface area (Å²) in [5.74, 6) is -11.1. The standard InChI is InChI=1S/C33H40N3O16P/c37-26(35(18-29(42)43)19-30(44)45)15-36(20-31(46)47)32(48)25(34(16-27(38)39)17-28(40)41)21-51-53(49,50)52-24-11-13-33(14-12-24,22-7-3-1-4-8-22)23-9-5-2-6-10-23/h1-10,24-25H,11-21H2,(H,38,39)(H,40,41)(H,42,43)(H,44,45)(H,46,47)(H,49,50)/t25-/m0/s1. The molecule has 1 unspecified atom stereocenters.